The van der Waals surface area contributed by atoms with Crippen molar-refractivity contribution >= 4 is 23.4 Å². The Balaban J connectivity index is 1.90. The molecule has 3 rings (SSSR count). The molecule has 0 fully saturated rings. The van der Waals surface area contributed by atoms with Crippen LogP contribution in [0.25, 0.3) is 17.0 Å². The van der Waals surface area contributed by atoms with Gasteiger partial charge in [-0.25, -0.2) is 15.0 Å². The van der Waals surface area contributed by atoms with E-state index < -0.39 is 0 Å². The number of nitrogens with zero attached hydrogens (tertiary/aromatic N) is 5. The van der Waals surface area contributed by atoms with E-state index in [1.807, 2.05) is 54.0 Å². The summed E-state index contributed by atoms with van der Waals surface area (Å²) in [6.45, 7) is 1.93. The van der Waals surface area contributed by atoms with E-state index in [0.717, 1.165) is 17.0 Å². The second-order valence-electron chi connectivity index (χ2n) is 4.96. The van der Waals surface area contributed by atoms with Gasteiger partial charge in [-0.15, -0.1) is 0 Å². The number of benzene rings is 1. The first-order valence-corrected chi connectivity index (χ1v) is 6.88. The first-order chi connectivity index (χ1) is 11.0. The number of aliphatic imine (C=N–C) groups is 2. The van der Waals surface area contributed by atoms with Crippen LogP contribution in [-0.4, -0.2) is 26.3 Å². The number of rotatable bonds is 2. The van der Waals surface area contributed by atoms with Crippen molar-refractivity contribution in [2.75, 3.05) is 0 Å². The van der Waals surface area contributed by atoms with Crippen molar-refractivity contribution in [3.8, 4) is 11.3 Å². The summed E-state index contributed by atoms with van der Waals surface area (Å²) in [5.41, 5.74) is 19.4. The molecule has 23 heavy (non-hydrogen) atoms. The lowest BCUT2D eigenvalue weighted by Gasteiger charge is -1.98. The zero-order valence-corrected chi connectivity index (χ0v) is 12.5. The number of hydrogen-bond donors (Lipinski definition) is 3. The van der Waals surface area contributed by atoms with Crippen molar-refractivity contribution in [3.63, 3.8) is 0 Å². The standard InChI is InChI=1S/C15H16N8/c1-9-6-7-23-8-12(21-15(23)19-9)10-2-4-11(5-3-10)20-14(18)22-13(16)17/h2-8H,1H3,(H6,16,17,18,20,22). The minimum atomic E-state index is -0.129. The van der Waals surface area contributed by atoms with E-state index in [1.165, 1.54) is 0 Å². The van der Waals surface area contributed by atoms with Crippen molar-refractivity contribution in [3.05, 3.63) is 48.4 Å². The van der Waals surface area contributed by atoms with Crippen molar-refractivity contribution in [1.82, 2.24) is 14.4 Å². The van der Waals surface area contributed by atoms with Gasteiger partial charge in [0.15, 0.2) is 5.96 Å². The van der Waals surface area contributed by atoms with Gasteiger partial charge < -0.3 is 17.2 Å². The van der Waals surface area contributed by atoms with Gasteiger partial charge in [0.2, 0.25) is 11.7 Å². The first kappa shape index (κ1) is 14.5. The maximum Gasteiger partial charge on any atom is 0.234 e. The Morgan fingerprint density at radius 1 is 1.04 bits per heavy atom. The molecule has 2 aromatic heterocycles. The Labute approximate surface area is 132 Å². The predicted octanol–water partition coefficient (Wildman–Crippen LogP) is 0.924. The molecule has 1 aromatic carbocycles. The van der Waals surface area contributed by atoms with Gasteiger partial charge in [0.1, 0.15) is 0 Å². The van der Waals surface area contributed by atoms with Gasteiger partial charge in [0.05, 0.1) is 11.4 Å². The SMILES string of the molecule is Cc1ccn2cc(-c3ccc(N=C(N)N=C(N)N)cc3)nc2n1. The van der Waals surface area contributed by atoms with Gasteiger partial charge >= 0.3 is 0 Å². The Morgan fingerprint density at radius 3 is 2.48 bits per heavy atom. The van der Waals surface area contributed by atoms with E-state index in [2.05, 4.69) is 20.0 Å². The Morgan fingerprint density at radius 2 is 1.78 bits per heavy atom. The smallest absolute Gasteiger partial charge is 0.234 e. The fourth-order valence-electron chi connectivity index (χ4n) is 2.09. The van der Waals surface area contributed by atoms with Crippen LogP contribution in [0.4, 0.5) is 5.69 Å². The van der Waals surface area contributed by atoms with Crippen LogP contribution in [0.2, 0.25) is 0 Å². The van der Waals surface area contributed by atoms with E-state index in [1.54, 1.807) is 0 Å². The zero-order valence-electron chi connectivity index (χ0n) is 12.5. The van der Waals surface area contributed by atoms with E-state index in [4.69, 9.17) is 17.2 Å². The molecular formula is C15H16N8. The zero-order chi connectivity index (χ0) is 16.4. The maximum atomic E-state index is 5.60. The molecule has 0 aliphatic rings. The summed E-state index contributed by atoms with van der Waals surface area (Å²) < 4.78 is 1.88. The fraction of sp³-hybridized carbons (Fsp3) is 0.0667. The molecule has 0 spiro atoms. The number of imidazole rings is 1. The van der Waals surface area contributed by atoms with Crippen molar-refractivity contribution in [2.24, 2.45) is 27.2 Å². The first-order valence-electron chi connectivity index (χ1n) is 6.88. The van der Waals surface area contributed by atoms with Crippen LogP contribution < -0.4 is 17.2 Å². The molecule has 0 radical (unpaired) electrons. The average Bonchev–Trinajstić information content (AvgIpc) is 2.90. The molecule has 0 amide bonds. The summed E-state index contributed by atoms with van der Waals surface area (Å²) in [6.07, 6.45) is 3.86. The van der Waals surface area contributed by atoms with Crippen molar-refractivity contribution in [2.45, 2.75) is 6.92 Å². The average molecular weight is 308 g/mol. The highest BCUT2D eigenvalue weighted by Gasteiger charge is 2.05. The number of aryl methyl sites for hydroxylation is 1. The lowest BCUT2D eigenvalue weighted by molar-refractivity contribution is 1.07. The minimum absolute atomic E-state index is 0.00477. The third kappa shape index (κ3) is 3.26. The second-order valence-corrected chi connectivity index (χ2v) is 4.96. The van der Waals surface area contributed by atoms with Crippen LogP contribution in [0.3, 0.4) is 0 Å². The van der Waals surface area contributed by atoms with Crippen LogP contribution in [-0.2, 0) is 0 Å². The summed E-state index contributed by atoms with van der Waals surface area (Å²) in [5, 5.41) is 0. The summed E-state index contributed by atoms with van der Waals surface area (Å²) in [7, 11) is 0. The Hall–Kier alpha value is -3.42. The predicted molar refractivity (Wildman–Crippen MR) is 90.3 cm³/mol. The number of nitrogens with two attached hydrogens (primary N) is 3. The van der Waals surface area contributed by atoms with Crippen LogP contribution in [0.5, 0.6) is 0 Å². The topological polar surface area (TPSA) is 133 Å². The van der Waals surface area contributed by atoms with E-state index in [9.17, 15) is 0 Å². The summed E-state index contributed by atoms with van der Waals surface area (Å²) in [5.74, 6) is 0.541. The van der Waals surface area contributed by atoms with Gasteiger partial charge in [-0.2, -0.15) is 4.99 Å². The minimum Gasteiger partial charge on any atom is -0.370 e. The third-order valence-electron chi connectivity index (χ3n) is 3.12. The quantitative estimate of drug-likeness (QED) is 0.478. The number of guanidine groups is 2. The van der Waals surface area contributed by atoms with Crippen molar-refractivity contribution < 1.29 is 0 Å². The van der Waals surface area contributed by atoms with Gasteiger partial charge in [0.25, 0.3) is 0 Å². The number of aromatic nitrogens is 3. The molecule has 8 heteroatoms. The van der Waals surface area contributed by atoms with Gasteiger partial charge in [0, 0.05) is 23.7 Å². The molecular weight excluding hydrogens is 292 g/mol. The lowest BCUT2D eigenvalue weighted by atomic mass is 10.1. The van der Waals surface area contributed by atoms with Crippen LogP contribution >= 0.6 is 0 Å². The molecule has 2 heterocycles. The molecule has 8 nitrogen and oxygen atoms in total. The van der Waals surface area contributed by atoms with E-state index in [0.29, 0.717) is 11.5 Å². The third-order valence-corrected chi connectivity index (χ3v) is 3.12. The Kier molecular flexibility index (Phi) is 3.63. The summed E-state index contributed by atoms with van der Waals surface area (Å²) in [4.78, 5) is 16.7. The molecule has 116 valence electrons. The van der Waals surface area contributed by atoms with Gasteiger partial charge in [-0.05, 0) is 25.1 Å². The summed E-state index contributed by atoms with van der Waals surface area (Å²) in [6, 6.07) is 9.36. The summed E-state index contributed by atoms with van der Waals surface area (Å²) >= 11 is 0. The van der Waals surface area contributed by atoms with Crippen LogP contribution in [0.1, 0.15) is 5.69 Å². The second kappa shape index (κ2) is 5.76. The van der Waals surface area contributed by atoms with Crippen LogP contribution in [0.15, 0.2) is 52.7 Å². The lowest BCUT2D eigenvalue weighted by Crippen LogP contribution is -2.26. The molecule has 0 atom stereocenters. The number of fused-ring (bicyclic) bond motifs is 1. The molecule has 3 aromatic rings. The molecule has 0 saturated carbocycles. The highest BCUT2D eigenvalue weighted by molar-refractivity contribution is 5.93. The molecule has 0 unspecified atom stereocenters. The highest BCUT2D eigenvalue weighted by atomic mass is 15.1. The molecule has 6 N–H and O–H groups in total. The van der Waals surface area contributed by atoms with Crippen LogP contribution in [0, 0.1) is 6.92 Å². The van der Waals surface area contributed by atoms with E-state index in [-0.39, 0.29) is 11.9 Å². The van der Waals surface area contributed by atoms with Gasteiger partial charge in [-0.1, -0.05) is 12.1 Å². The Bertz CT molecular complexity index is 901. The normalized spacial score (nSPS) is 11.6. The molecule has 0 aliphatic heterocycles. The van der Waals surface area contributed by atoms with Gasteiger partial charge in [-0.3, -0.25) is 4.40 Å². The molecule has 0 saturated heterocycles. The van der Waals surface area contributed by atoms with E-state index >= 15 is 0 Å². The number of hydrogen-bond acceptors (Lipinski definition) is 3. The fourth-order valence-corrected chi connectivity index (χ4v) is 2.09. The molecule has 0 aliphatic carbocycles. The molecule has 0 bridgehead atoms. The maximum absolute atomic E-state index is 5.60. The van der Waals surface area contributed by atoms with Crippen molar-refractivity contribution in [1.29, 1.82) is 0 Å². The highest BCUT2D eigenvalue weighted by Crippen LogP contribution is 2.22. The largest absolute Gasteiger partial charge is 0.370 e. The monoisotopic (exact) mass is 308 g/mol.